The van der Waals surface area contributed by atoms with Crippen LogP contribution in [0.5, 0.6) is 0 Å². The Morgan fingerprint density at radius 1 is 1.26 bits per heavy atom. The van der Waals surface area contributed by atoms with Crippen LogP contribution < -0.4 is 5.32 Å². The lowest BCUT2D eigenvalue weighted by molar-refractivity contribution is 0.00991. The first-order valence-electron chi connectivity index (χ1n) is 10.2. The zero-order chi connectivity index (χ0) is 19.6. The number of guanidine groups is 1. The van der Waals surface area contributed by atoms with Crippen LogP contribution in [-0.2, 0) is 22.9 Å². The number of nitrogens with zero attached hydrogens (tertiary/aromatic N) is 4. The van der Waals surface area contributed by atoms with Crippen LogP contribution in [0, 0.1) is 13.8 Å². The van der Waals surface area contributed by atoms with Gasteiger partial charge in [0.1, 0.15) is 0 Å². The van der Waals surface area contributed by atoms with Gasteiger partial charge in [-0.1, -0.05) is 0 Å². The van der Waals surface area contributed by atoms with Gasteiger partial charge in [-0.05, 0) is 52.0 Å². The number of ether oxygens (including phenoxy) is 2. The van der Waals surface area contributed by atoms with Gasteiger partial charge in [-0.25, -0.2) is 0 Å². The van der Waals surface area contributed by atoms with E-state index in [1.54, 1.807) is 7.11 Å². The van der Waals surface area contributed by atoms with E-state index in [-0.39, 0.29) is 0 Å². The lowest BCUT2D eigenvalue weighted by Crippen LogP contribution is -2.47. The first kappa shape index (κ1) is 21.7. The molecule has 0 amide bonds. The molecule has 154 valence electrons. The molecule has 1 aromatic heterocycles. The third-order valence-corrected chi connectivity index (χ3v) is 5.21. The molecule has 0 radical (unpaired) electrons. The van der Waals surface area contributed by atoms with E-state index in [1.165, 1.54) is 11.3 Å². The average molecular weight is 380 g/mol. The first-order chi connectivity index (χ1) is 13.1. The molecule has 27 heavy (non-hydrogen) atoms. The predicted molar refractivity (Wildman–Crippen MR) is 109 cm³/mol. The Kier molecular flexibility index (Phi) is 9.07. The van der Waals surface area contributed by atoms with Crippen molar-refractivity contribution >= 4 is 5.96 Å². The van der Waals surface area contributed by atoms with Gasteiger partial charge >= 0.3 is 0 Å². The molecule has 0 bridgehead atoms. The highest BCUT2D eigenvalue weighted by Crippen LogP contribution is 2.15. The highest BCUT2D eigenvalue weighted by molar-refractivity contribution is 5.80. The van der Waals surface area contributed by atoms with Crippen LogP contribution in [0.25, 0.3) is 0 Å². The van der Waals surface area contributed by atoms with Gasteiger partial charge in [0.25, 0.3) is 0 Å². The molecular weight excluding hydrogens is 342 g/mol. The van der Waals surface area contributed by atoms with Crippen LogP contribution in [0.3, 0.4) is 0 Å². The first-order valence-corrected chi connectivity index (χ1v) is 10.2. The van der Waals surface area contributed by atoms with Crippen molar-refractivity contribution in [2.75, 3.05) is 46.5 Å². The highest BCUT2D eigenvalue weighted by Gasteiger charge is 2.21. The second-order valence-electron chi connectivity index (χ2n) is 7.16. The number of piperidine rings is 1. The van der Waals surface area contributed by atoms with Crippen molar-refractivity contribution < 1.29 is 9.47 Å². The molecule has 0 aliphatic carbocycles. The van der Waals surface area contributed by atoms with E-state index in [9.17, 15) is 0 Å². The Morgan fingerprint density at radius 2 is 2.00 bits per heavy atom. The lowest BCUT2D eigenvalue weighted by atomic mass is 10.1. The number of methoxy groups -OCH3 is 1. The van der Waals surface area contributed by atoms with Gasteiger partial charge in [-0.15, -0.1) is 0 Å². The molecule has 0 saturated carbocycles. The summed E-state index contributed by atoms with van der Waals surface area (Å²) in [6.45, 7) is 11.5. The maximum Gasteiger partial charge on any atom is 0.193 e. The Hall–Kier alpha value is -1.60. The SMILES string of the molecule is CCNC(=NCCc1c(C)nn(C)c1C)N1CCC(OCCCOC)CC1. The molecule has 0 unspecified atom stereocenters. The molecule has 2 heterocycles. The Morgan fingerprint density at radius 3 is 2.59 bits per heavy atom. The van der Waals surface area contributed by atoms with Gasteiger partial charge in [0.15, 0.2) is 5.96 Å². The van der Waals surface area contributed by atoms with E-state index in [0.29, 0.717) is 6.10 Å². The highest BCUT2D eigenvalue weighted by atomic mass is 16.5. The largest absolute Gasteiger partial charge is 0.385 e. The zero-order valence-electron chi connectivity index (χ0n) is 17.8. The minimum Gasteiger partial charge on any atom is -0.385 e. The molecule has 0 aromatic carbocycles. The molecule has 1 aliphatic rings. The molecular formula is C20H37N5O2. The Bertz CT molecular complexity index is 591. The molecule has 1 N–H and O–H groups in total. The number of nitrogens with one attached hydrogen (secondary N) is 1. The zero-order valence-corrected chi connectivity index (χ0v) is 17.8. The van der Waals surface area contributed by atoms with Crippen molar-refractivity contribution in [1.29, 1.82) is 0 Å². The van der Waals surface area contributed by atoms with Gasteiger partial charge in [0.2, 0.25) is 0 Å². The number of aryl methyl sites for hydroxylation is 2. The summed E-state index contributed by atoms with van der Waals surface area (Å²) < 4.78 is 13.0. The molecule has 1 aliphatic heterocycles. The second-order valence-corrected chi connectivity index (χ2v) is 7.16. The summed E-state index contributed by atoms with van der Waals surface area (Å²) in [5.41, 5.74) is 3.67. The maximum absolute atomic E-state index is 5.96. The van der Waals surface area contributed by atoms with Crippen LogP contribution in [-0.4, -0.2) is 73.2 Å². The number of hydrogen-bond donors (Lipinski definition) is 1. The van der Waals surface area contributed by atoms with Crippen LogP contribution in [0.2, 0.25) is 0 Å². The quantitative estimate of drug-likeness (QED) is 0.404. The van der Waals surface area contributed by atoms with Gasteiger partial charge in [-0.2, -0.15) is 5.10 Å². The minimum absolute atomic E-state index is 0.363. The van der Waals surface area contributed by atoms with E-state index >= 15 is 0 Å². The van der Waals surface area contributed by atoms with Crippen molar-refractivity contribution in [3.05, 3.63) is 17.0 Å². The Labute approximate surface area is 164 Å². The molecule has 7 nitrogen and oxygen atoms in total. The number of hydrogen-bond acceptors (Lipinski definition) is 4. The summed E-state index contributed by atoms with van der Waals surface area (Å²) in [4.78, 5) is 7.24. The number of aliphatic imine (C=N–C) groups is 1. The maximum atomic E-state index is 5.96. The molecule has 0 spiro atoms. The fourth-order valence-electron chi connectivity index (χ4n) is 3.57. The van der Waals surface area contributed by atoms with Crippen LogP contribution in [0.15, 0.2) is 4.99 Å². The van der Waals surface area contributed by atoms with Crippen molar-refractivity contribution in [1.82, 2.24) is 20.0 Å². The van der Waals surface area contributed by atoms with Crippen LogP contribution >= 0.6 is 0 Å². The van der Waals surface area contributed by atoms with E-state index < -0.39 is 0 Å². The van der Waals surface area contributed by atoms with Gasteiger partial charge in [-0.3, -0.25) is 9.67 Å². The molecule has 7 heteroatoms. The normalized spacial score (nSPS) is 16.2. The number of rotatable bonds is 9. The fraction of sp³-hybridized carbons (Fsp3) is 0.800. The van der Waals surface area contributed by atoms with Gasteiger partial charge < -0.3 is 19.7 Å². The Balaban J connectivity index is 1.83. The molecule has 0 atom stereocenters. The number of aromatic nitrogens is 2. The van der Waals surface area contributed by atoms with Crippen LogP contribution in [0.4, 0.5) is 0 Å². The van der Waals surface area contributed by atoms with E-state index in [4.69, 9.17) is 14.5 Å². The summed E-state index contributed by atoms with van der Waals surface area (Å²) in [6.07, 6.45) is 4.37. The third-order valence-electron chi connectivity index (χ3n) is 5.21. The van der Waals surface area contributed by atoms with E-state index in [2.05, 4.69) is 36.1 Å². The monoisotopic (exact) mass is 379 g/mol. The fourth-order valence-corrected chi connectivity index (χ4v) is 3.57. The summed E-state index contributed by atoms with van der Waals surface area (Å²) in [6, 6.07) is 0. The molecule has 1 aromatic rings. The average Bonchev–Trinajstić information content (AvgIpc) is 2.91. The summed E-state index contributed by atoms with van der Waals surface area (Å²) in [5.74, 6) is 1.02. The van der Waals surface area contributed by atoms with Gasteiger partial charge in [0.05, 0.1) is 11.8 Å². The van der Waals surface area contributed by atoms with Crippen LogP contribution in [0.1, 0.15) is 43.1 Å². The standard InChI is InChI=1S/C20H37N5O2/c1-6-21-20(22-11-8-19-16(2)23-24(4)17(19)3)25-12-9-18(10-13-25)27-15-7-14-26-5/h18H,6-15H2,1-5H3,(H,21,22). The summed E-state index contributed by atoms with van der Waals surface area (Å²) in [7, 11) is 3.73. The van der Waals surface area contributed by atoms with Crippen molar-refractivity contribution in [2.24, 2.45) is 12.0 Å². The second kappa shape index (κ2) is 11.3. The van der Waals surface area contributed by atoms with Crippen molar-refractivity contribution in [2.45, 2.75) is 52.6 Å². The smallest absolute Gasteiger partial charge is 0.193 e. The lowest BCUT2D eigenvalue weighted by Gasteiger charge is -2.34. The predicted octanol–water partition coefficient (Wildman–Crippen LogP) is 2.06. The molecule has 1 fully saturated rings. The number of likely N-dealkylation sites (tertiary alicyclic amines) is 1. The van der Waals surface area contributed by atoms with Crippen molar-refractivity contribution in [3.63, 3.8) is 0 Å². The molecule has 1 saturated heterocycles. The summed E-state index contributed by atoms with van der Waals surface area (Å²) in [5, 5.41) is 7.94. The van der Waals surface area contributed by atoms with E-state index in [0.717, 1.165) is 76.7 Å². The van der Waals surface area contributed by atoms with Crippen molar-refractivity contribution in [3.8, 4) is 0 Å². The summed E-state index contributed by atoms with van der Waals surface area (Å²) >= 11 is 0. The molecule has 2 rings (SSSR count). The third kappa shape index (κ3) is 6.50. The van der Waals surface area contributed by atoms with E-state index in [1.807, 2.05) is 11.7 Å². The minimum atomic E-state index is 0.363. The topological polar surface area (TPSA) is 63.9 Å². The van der Waals surface area contributed by atoms with Gasteiger partial charge in [0, 0.05) is 59.2 Å².